The van der Waals surface area contributed by atoms with Gasteiger partial charge in [0.15, 0.2) is 9.84 Å². The van der Waals surface area contributed by atoms with Crippen molar-refractivity contribution in [3.05, 3.63) is 29.8 Å². The number of carbonyl (C=O) groups excluding carboxylic acids is 1. The van der Waals surface area contributed by atoms with E-state index in [9.17, 15) is 13.2 Å². The molecule has 0 heterocycles. The van der Waals surface area contributed by atoms with E-state index >= 15 is 0 Å². The molecule has 0 aliphatic carbocycles. The number of hydrogen-bond acceptors (Lipinski definition) is 5. The Labute approximate surface area is 94.1 Å². The van der Waals surface area contributed by atoms with Gasteiger partial charge in [0.2, 0.25) is 0 Å². The quantitative estimate of drug-likeness (QED) is 0.770. The summed E-state index contributed by atoms with van der Waals surface area (Å²) in [6.45, 7) is 0. The summed E-state index contributed by atoms with van der Waals surface area (Å²) in [5.74, 6) is -0.563. The van der Waals surface area contributed by atoms with Crippen LogP contribution in [-0.2, 0) is 19.4 Å². The Bertz CT molecular complexity index is 478. The minimum Gasteiger partial charge on any atom is -0.468 e. The van der Waals surface area contributed by atoms with Crippen LogP contribution in [0.15, 0.2) is 29.2 Å². The van der Waals surface area contributed by atoms with Crippen LogP contribution in [-0.4, -0.2) is 27.8 Å². The second kappa shape index (κ2) is 4.63. The first-order valence-corrected chi connectivity index (χ1v) is 6.39. The number of esters is 1. The maximum absolute atomic E-state index is 11.2. The van der Waals surface area contributed by atoms with Crippen molar-refractivity contribution in [3.8, 4) is 0 Å². The molecule has 16 heavy (non-hydrogen) atoms. The molecule has 0 unspecified atom stereocenters. The molecule has 1 aromatic carbocycles. The van der Waals surface area contributed by atoms with Gasteiger partial charge in [-0.25, -0.2) is 8.42 Å². The fourth-order valence-electron chi connectivity index (χ4n) is 1.19. The van der Waals surface area contributed by atoms with E-state index in [1.54, 1.807) is 0 Å². The lowest BCUT2D eigenvalue weighted by molar-refractivity contribution is -0.142. The minimum atomic E-state index is -3.23. The summed E-state index contributed by atoms with van der Waals surface area (Å²) in [4.78, 5) is 11.3. The molecule has 0 aliphatic rings. The van der Waals surface area contributed by atoms with Gasteiger partial charge in [-0.2, -0.15) is 0 Å². The highest BCUT2D eigenvalue weighted by atomic mass is 32.2. The fraction of sp³-hybridized carbons (Fsp3) is 0.300. The molecule has 0 bridgehead atoms. The Morgan fingerprint density at radius 1 is 1.31 bits per heavy atom. The Kier molecular flexibility index (Phi) is 3.66. The normalized spacial score (nSPS) is 13.2. The number of carbonyl (C=O) groups is 1. The van der Waals surface area contributed by atoms with Crippen LogP contribution in [0.1, 0.15) is 11.6 Å². The van der Waals surface area contributed by atoms with Crippen molar-refractivity contribution in [2.45, 2.75) is 10.9 Å². The van der Waals surface area contributed by atoms with E-state index in [1.807, 2.05) is 0 Å². The van der Waals surface area contributed by atoms with Crippen LogP contribution in [0.25, 0.3) is 0 Å². The van der Waals surface area contributed by atoms with Crippen LogP contribution in [0.4, 0.5) is 0 Å². The average molecular weight is 243 g/mol. The zero-order valence-electron chi connectivity index (χ0n) is 9.01. The summed E-state index contributed by atoms with van der Waals surface area (Å²) < 4.78 is 26.8. The molecule has 0 saturated carbocycles. The molecule has 5 nitrogen and oxygen atoms in total. The zero-order chi connectivity index (χ0) is 12.3. The molecule has 0 radical (unpaired) electrons. The van der Waals surface area contributed by atoms with Crippen LogP contribution >= 0.6 is 0 Å². The minimum absolute atomic E-state index is 0.188. The highest BCUT2D eigenvalue weighted by Crippen LogP contribution is 2.15. The summed E-state index contributed by atoms with van der Waals surface area (Å²) in [5.41, 5.74) is 6.10. The Morgan fingerprint density at radius 2 is 1.81 bits per heavy atom. The summed E-state index contributed by atoms with van der Waals surface area (Å²) in [7, 11) is -1.98. The van der Waals surface area contributed by atoms with Crippen molar-refractivity contribution in [1.29, 1.82) is 0 Å². The maximum Gasteiger partial charge on any atom is 0.327 e. The maximum atomic E-state index is 11.2. The topological polar surface area (TPSA) is 86.5 Å². The molecule has 0 aliphatic heterocycles. The first-order chi connectivity index (χ1) is 7.36. The van der Waals surface area contributed by atoms with Crippen molar-refractivity contribution in [3.63, 3.8) is 0 Å². The highest BCUT2D eigenvalue weighted by molar-refractivity contribution is 7.90. The van der Waals surface area contributed by atoms with E-state index in [-0.39, 0.29) is 4.90 Å². The van der Waals surface area contributed by atoms with E-state index in [4.69, 9.17) is 5.73 Å². The standard InChI is InChI=1S/C10H13NO4S/c1-15-10(12)9(11)7-3-5-8(6-4-7)16(2,13)14/h3-6,9H,11H2,1-2H3/t9-/m0/s1. The number of sulfone groups is 1. The smallest absolute Gasteiger partial charge is 0.327 e. The van der Waals surface area contributed by atoms with Gasteiger partial charge >= 0.3 is 5.97 Å². The second-order valence-corrected chi connectivity index (χ2v) is 5.36. The third kappa shape index (κ3) is 2.80. The largest absolute Gasteiger partial charge is 0.468 e. The molecule has 88 valence electrons. The number of benzene rings is 1. The predicted octanol–water partition coefficient (Wildman–Crippen LogP) is 0.263. The molecular formula is C10H13NO4S. The lowest BCUT2D eigenvalue weighted by Gasteiger charge is -2.09. The number of methoxy groups -OCH3 is 1. The number of rotatable bonds is 3. The summed E-state index contributed by atoms with van der Waals surface area (Å²) in [5, 5.41) is 0. The fourth-order valence-corrected chi connectivity index (χ4v) is 1.82. The van der Waals surface area contributed by atoms with Gasteiger partial charge in [-0.1, -0.05) is 12.1 Å². The van der Waals surface area contributed by atoms with Crippen molar-refractivity contribution in [2.75, 3.05) is 13.4 Å². The van der Waals surface area contributed by atoms with Crippen molar-refractivity contribution in [2.24, 2.45) is 5.73 Å². The number of nitrogens with two attached hydrogens (primary N) is 1. The molecule has 0 aromatic heterocycles. The van der Waals surface area contributed by atoms with E-state index in [0.29, 0.717) is 5.56 Å². The highest BCUT2D eigenvalue weighted by Gasteiger charge is 2.16. The van der Waals surface area contributed by atoms with Crippen LogP contribution in [0.2, 0.25) is 0 Å². The molecular weight excluding hydrogens is 230 g/mol. The molecule has 0 saturated heterocycles. The van der Waals surface area contributed by atoms with Crippen molar-refractivity contribution in [1.82, 2.24) is 0 Å². The summed E-state index contributed by atoms with van der Waals surface area (Å²) in [6, 6.07) is 4.93. The lowest BCUT2D eigenvalue weighted by Crippen LogP contribution is -2.22. The summed E-state index contributed by atoms with van der Waals surface area (Å²) >= 11 is 0. The van der Waals surface area contributed by atoms with E-state index < -0.39 is 21.8 Å². The second-order valence-electron chi connectivity index (χ2n) is 3.34. The van der Waals surface area contributed by atoms with Crippen molar-refractivity contribution >= 4 is 15.8 Å². The van der Waals surface area contributed by atoms with Gasteiger partial charge in [-0.3, -0.25) is 4.79 Å². The molecule has 2 N–H and O–H groups in total. The third-order valence-electron chi connectivity index (χ3n) is 2.12. The molecule has 1 rings (SSSR count). The molecule has 1 aromatic rings. The van der Waals surface area contributed by atoms with E-state index in [2.05, 4.69) is 4.74 Å². The van der Waals surface area contributed by atoms with Gasteiger partial charge in [0.1, 0.15) is 6.04 Å². The van der Waals surface area contributed by atoms with Gasteiger partial charge in [-0.15, -0.1) is 0 Å². The Hall–Kier alpha value is -1.40. The van der Waals surface area contributed by atoms with E-state index in [1.165, 1.54) is 31.4 Å². The van der Waals surface area contributed by atoms with Crippen LogP contribution in [0, 0.1) is 0 Å². The molecule has 1 atom stereocenters. The lowest BCUT2D eigenvalue weighted by atomic mass is 10.1. The van der Waals surface area contributed by atoms with Gasteiger partial charge in [-0.05, 0) is 17.7 Å². The first kappa shape index (κ1) is 12.7. The SMILES string of the molecule is COC(=O)[C@@H](N)c1ccc(S(C)(=O)=O)cc1. The van der Waals surface area contributed by atoms with Crippen LogP contribution in [0.5, 0.6) is 0 Å². The van der Waals surface area contributed by atoms with Gasteiger partial charge in [0.05, 0.1) is 12.0 Å². The van der Waals surface area contributed by atoms with Gasteiger partial charge in [0, 0.05) is 6.26 Å². The number of hydrogen-bond donors (Lipinski definition) is 1. The zero-order valence-corrected chi connectivity index (χ0v) is 9.82. The molecule has 0 amide bonds. The summed E-state index contributed by atoms with van der Waals surface area (Å²) in [6.07, 6.45) is 1.11. The van der Waals surface area contributed by atoms with Crippen LogP contribution < -0.4 is 5.73 Å². The molecule has 0 fully saturated rings. The first-order valence-electron chi connectivity index (χ1n) is 4.49. The molecule has 0 spiro atoms. The van der Waals surface area contributed by atoms with Crippen molar-refractivity contribution < 1.29 is 17.9 Å². The third-order valence-corrected chi connectivity index (χ3v) is 3.25. The monoisotopic (exact) mass is 243 g/mol. The van der Waals surface area contributed by atoms with Gasteiger partial charge < -0.3 is 10.5 Å². The number of ether oxygens (including phenoxy) is 1. The van der Waals surface area contributed by atoms with Crippen LogP contribution in [0.3, 0.4) is 0 Å². The predicted molar refractivity (Wildman–Crippen MR) is 58.5 cm³/mol. The molecule has 6 heteroatoms. The average Bonchev–Trinajstić information content (AvgIpc) is 2.26. The van der Waals surface area contributed by atoms with Gasteiger partial charge in [0.25, 0.3) is 0 Å². The van der Waals surface area contributed by atoms with E-state index in [0.717, 1.165) is 6.26 Å². The Balaban J connectivity index is 3.00. The Morgan fingerprint density at radius 3 is 2.19 bits per heavy atom.